The topological polar surface area (TPSA) is 84.8 Å². The van der Waals surface area contributed by atoms with Crippen LogP contribution < -0.4 is 11.3 Å². The van der Waals surface area contributed by atoms with Gasteiger partial charge in [0.05, 0.1) is 0 Å². The molecule has 0 radical (unpaired) electrons. The number of nitrogen functional groups attached to an aromatic ring is 1. The Hall–Kier alpha value is -2.15. The van der Waals surface area contributed by atoms with Crippen molar-refractivity contribution in [2.24, 2.45) is 0 Å². The molecule has 0 bridgehead atoms. The normalized spacial score (nSPS) is 10.7. The molecule has 0 aliphatic heterocycles. The third-order valence-electron chi connectivity index (χ3n) is 3.41. The van der Waals surface area contributed by atoms with Crippen molar-refractivity contribution < 1.29 is 4.39 Å². The first-order valence-electron chi connectivity index (χ1n) is 7.27. The number of nitrogens with zero attached hydrogens (tertiary/aromatic N) is 2. The fourth-order valence-electron chi connectivity index (χ4n) is 2.26. The summed E-state index contributed by atoms with van der Waals surface area (Å²) in [6.07, 6.45) is 1.47. The van der Waals surface area contributed by atoms with Gasteiger partial charge >= 0.3 is 0 Å². The fourth-order valence-corrected chi connectivity index (χ4v) is 3.21. The summed E-state index contributed by atoms with van der Waals surface area (Å²) >= 11 is 1.26. The molecule has 2 rings (SSSR count). The number of thioether (sulfide) groups is 1. The average molecular weight is 334 g/mol. The fraction of sp³-hybridized carbons (Fsp3) is 0.312. The molecule has 1 aromatic carbocycles. The molecule has 7 heteroatoms. The van der Waals surface area contributed by atoms with Crippen molar-refractivity contribution in [3.63, 3.8) is 0 Å². The third kappa shape index (κ3) is 4.19. The van der Waals surface area contributed by atoms with Crippen LogP contribution in [0.5, 0.6) is 0 Å². The van der Waals surface area contributed by atoms with Gasteiger partial charge in [0.2, 0.25) is 5.95 Å². The van der Waals surface area contributed by atoms with Crippen molar-refractivity contribution in [3.8, 4) is 0 Å². The molecule has 5 nitrogen and oxygen atoms in total. The van der Waals surface area contributed by atoms with Gasteiger partial charge in [0.15, 0.2) is 5.17 Å². The molecule has 0 aliphatic rings. The highest BCUT2D eigenvalue weighted by molar-refractivity contribution is 8.13. The quantitative estimate of drug-likeness (QED) is 0.665. The van der Waals surface area contributed by atoms with E-state index in [0.29, 0.717) is 17.9 Å². The second-order valence-corrected chi connectivity index (χ2v) is 6.16. The van der Waals surface area contributed by atoms with Crippen molar-refractivity contribution in [1.29, 1.82) is 5.41 Å². The number of nitrogens with two attached hydrogens (primary N) is 1. The van der Waals surface area contributed by atoms with Gasteiger partial charge in [-0.05, 0) is 36.6 Å². The van der Waals surface area contributed by atoms with Gasteiger partial charge in [-0.3, -0.25) is 14.8 Å². The summed E-state index contributed by atoms with van der Waals surface area (Å²) in [4.78, 5) is 15.2. The molecule has 0 unspecified atom stereocenters. The van der Waals surface area contributed by atoms with E-state index >= 15 is 0 Å². The zero-order valence-corrected chi connectivity index (χ0v) is 13.9. The van der Waals surface area contributed by atoms with Crippen molar-refractivity contribution in [1.82, 2.24) is 9.55 Å². The van der Waals surface area contributed by atoms with Crippen LogP contribution >= 0.6 is 11.8 Å². The van der Waals surface area contributed by atoms with E-state index in [-0.39, 0.29) is 16.9 Å². The van der Waals surface area contributed by atoms with E-state index in [1.54, 1.807) is 6.07 Å². The number of benzene rings is 1. The van der Waals surface area contributed by atoms with Gasteiger partial charge in [-0.1, -0.05) is 31.2 Å². The van der Waals surface area contributed by atoms with Crippen LogP contribution in [0.4, 0.5) is 10.3 Å². The molecular formula is C16H19FN4OS. The average Bonchev–Trinajstić information content (AvgIpc) is 2.45. The third-order valence-corrected chi connectivity index (χ3v) is 4.32. The van der Waals surface area contributed by atoms with Crippen molar-refractivity contribution in [3.05, 3.63) is 57.3 Å². The maximum atomic E-state index is 13.1. The maximum absolute atomic E-state index is 13.1. The smallest absolute Gasteiger partial charge is 0.274 e. The second kappa shape index (κ2) is 7.41. The van der Waals surface area contributed by atoms with Crippen LogP contribution in [0.3, 0.4) is 0 Å². The van der Waals surface area contributed by atoms with E-state index in [4.69, 9.17) is 11.1 Å². The van der Waals surface area contributed by atoms with Crippen molar-refractivity contribution in [2.45, 2.75) is 32.4 Å². The minimum atomic E-state index is -0.394. The number of halogens is 1. The first-order valence-corrected chi connectivity index (χ1v) is 8.26. The number of hydrogen-bond donors (Lipinski definition) is 2. The van der Waals surface area contributed by atoms with Crippen LogP contribution in [0.25, 0.3) is 0 Å². The van der Waals surface area contributed by atoms with Crippen LogP contribution in [0.1, 0.15) is 30.2 Å². The Bertz CT molecular complexity index is 788. The van der Waals surface area contributed by atoms with Crippen LogP contribution in [-0.2, 0) is 12.2 Å². The van der Waals surface area contributed by atoms with Gasteiger partial charge in [0.25, 0.3) is 5.56 Å². The van der Waals surface area contributed by atoms with Gasteiger partial charge in [0, 0.05) is 17.5 Å². The predicted octanol–water partition coefficient (Wildman–Crippen LogP) is 2.94. The van der Waals surface area contributed by atoms with Crippen LogP contribution in [0, 0.1) is 18.2 Å². The Labute approximate surface area is 138 Å². The van der Waals surface area contributed by atoms with Gasteiger partial charge < -0.3 is 5.73 Å². The zero-order valence-electron chi connectivity index (χ0n) is 13.1. The molecule has 122 valence electrons. The number of rotatable bonds is 4. The molecule has 0 atom stereocenters. The summed E-state index contributed by atoms with van der Waals surface area (Å²) in [6.45, 7) is 3.82. The molecule has 0 spiro atoms. The molecule has 0 aliphatic carbocycles. The van der Waals surface area contributed by atoms with Gasteiger partial charge in [-0.25, -0.2) is 4.39 Å². The summed E-state index contributed by atoms with van der Waals surface area (Å²) in [5.41, 5.74) is 7.89. The summed E-state index contributed by atoms with van der Waals surface area (Å²) in [5.74, 6) is 0.266. The summed E-state index contributed by atoms with van der Waals surface area (Å²) in [6, 6.07) is 6.00. The Morgan fingerprint density at radius 1 is 1.43 bits per heavy atom. The summed E-state index contributed by atoms with van der Waals surface area (Å²) in [7, 11) is 0. The molecule has 0 saturated carbocycles. The molecular weight excluding hydrogens is 315 g/mol. The lowest BCUT2D eigenvalue weighted by Gasteiger charge is -2.15. The van der Waals surface area contributed by atoms with Crippen molar-refractivity contribution in [2.75, 3.05) is 5.73 Å². The molecule has 1 aromatic heterocycles. The largest absolute Gasteiger partial charge is 0.369 e. The summed E-state index contributed by atoms with van der Waals surface area (Å²) in [5, 5.41) is 8.45. The monoisotopic (exact) mass is 334 g/mol. The van der Waals surface area contributed by atoms with Crippen LogP contribution in [0.15, 0.2) is 29.1 Å². The number of hydrogen-bond acceptors (Lipinski definition) is 5. The molecule has 1 heterocycles. The number of anilines is 1. The van der Waals surface area contributed by atoms with Gasteiger partial charge in [0.1, 0.15) is 5.82 Å². The highest BCUT2D eigenvalue weighted by Crippen LogP contribution is 2.20. The number of aromatic nitrogens is 2. The standard InChI is InChI=1S/C16H19FN4OS/c1-3-4-13-8-14(22)20-15(18)21(13)16(19)23-9-11-5-6-12(17)7-10(11)2/h5-8,19H,3-4,9H2,1-2H3,(H2,18,20,22). The minimum Gasteiger partial charge on any atom is -0.369 e. The number of nitrogens with one attached hydrogen (secondary N) is 1. The predicted molar refractivity (Wildman–Crippen MR) is 92.5 cm³/mol. The molecule has 0 saturated heterocycles. The SMILES string of the molecule is CCCc1cc(=O)nc(N)n1C(=N)SCc1ccc(F)cc1C. The Kier molecular flexibility index (Phi) is 5.54. The van der Waals surface area contributed by atoms with E-state index in [1.807, 2.05) is 13.8 Å². The first-order chi connectivity index (χ1) is 10.9. The van der Waals surface area contributed by atoms with Crippen LogP contribution in [-0.4, -0.2) is 14.7 Å². The Balaban J connectivity index is 2.22. The number of aryl methyl sites for hydroxylation is 2. The van der Waals surface area contributed by atoms with Gasteiger partial charge in [-0.2, -0.15) is 4.98 Å². The highest BCUT2D eigenvalue weighted by atomic mass is 32.2. The lowest BCUT2D eigenvalue weighted by molar-refractivity contribution is 0.626. The van der Waals surface area contributed by atoms with E-state index in [0.717, 1.165) is 17.5 Å². The maximum Gasteiger partial charge on any atom is 0.274 e. The van der Waals surface area contributed by atoms with Crippen molar-refractivity contribution >= 4 is 22.9 Å². The summed E-state index contributed by atoms with van der Waals surface area (Å²) < 4.78 is 14.6. The van der Waals surface area contributed by atoms with E-state index in [1.165, 1.54) is 34.5 Å². The van der Waals surface area contributed by atoms with E-state index in [2.05, 4.69) is 4.98 Å². The molecule has 0 fully saturated rings. The molecule has 23 heavy (non-hydrogen) atoms. The zero-order chi connectivity index (χ0) is 17.0. The lowest BCUT2D eigenvalue weighted by Crippen LogP contribution is -2.23. The van der Waals surface area contributed by atoms with E-state index < -0.39 is 5.56 Å². The lowest BCUT2D eigenvalue weighted by atomic mass is 10.1. The molecule has 2 aromatic rings. The minimum absolute atomic E-state index is 0.0225. The van der Waals surface area contributed by atoms with Gasteiger partial charge in [-0.15, -0.1) is 0 Å². The van der Waals surface area contributed by atoms with E-state index in [9.17, 15) is 9.18 Å². The Morgan fingerprint density at radius 2 is 2.17 bits per heavy atom. The molecule has 3 N–H and O–H groups in total. The second-order valence-electron chi connectivity index (χ2n) is 5.19. The Morgan fingerprint density at radius 3 is 2.83 bits per heavy atom. The first kappa shape index (κ1) is 17.2. The molecule has 0 amide bonds. The highest BCUT2D eigenvalue weighted by Gasteiger charge is 2.12. The van der Waals surface area contributed by atoms with Crippen LogP contribution in [0.2, 0.25) is 0 Å².